The maximum atomic E-state index is 12.7. The second-order valence-corrected chi connectivity index (χ2v) is 7.98. The van der Waals surface area contributed by atoms with Gasteiger partial charge in [0.15, 0.2) is 5.76 Å². The molecule has 3 N–H and O–H groups in total. The molecular weight excluding hydrogens is 422 g/mol. The first-order valence-electron chi connectivity index (χ1n) is 9.87. The summed E-state index contributed by atoms with van der Waals surface area (Å²) in [5.41, 5.74) is 6.13. The van der Waals surface area contributed by atoms with Crippen molar-refractivity contribution in [3.05, 3.63) is 62.2 Å². The summed E-state index contributed by atoms with van der Waals surface area (Å²) in [7, 11) is 1.56. The lowest BCUT2D eigenvalue weighted by molar-refractivity contribution is 0.204. The van der Waals surface area contributed by atoms with E-state index >= 15 is 0 Å². The van der Waals surface area contributed by atoms with Gasteiger partial charge < -0.3 is 19.8 Å². The van der Waals surface area contributed by atoms with E-state index in [0.717, 1.165) is 5.56 Å². The topological polar surface area (TPSA) is 119 Å². The predicted molar refractivity (Wildman–Crippen MR) is 120 cm³/mol. The zero-order valence-electron chi connectivity index (χ0n) is 17.7. The van der Waals surface area contributed by atoms with Gasteiger partial charge in [-0.2, -0.15) is 0 Å². The van der Waals surface area contributed by atoms with Crippen molar-refractivity contribution >= 4 is 23.1 Å². The van der Waals surface area contributed by atoms with Crippen LogP contribution in [0.4, 0.5) is 11.5 Å². The molecule has 3 aromatic rings. The zero-order valence-corrected chi connectivity index (χ0v) is 18.5. The van der Waals surface area contributed by atoms with Crippen molar-refractivity contribution in [2.45, 2.75) is 26.9 Å². The minimum absolute atomic E-state index is 0.0974. The van der Waals surface area contributed by atoms with E-state index in [9.17, 15) is 9.59 Å². The van der Waals surface area contributed by atoms with Gasteiger partial charge in [0.25, 0.3) is 5.56 Å². The molecule has 0 amide bonds. The number of nitrogens with zero attached hydrogens (tertiary/aromatic N) is 3. The van der Waals surface area contributed by atoms with Crippen LogP contribution in [0.5, 0.6) is 0 Å². The highest BCUT2D eigenvalue weighted by atomic mass is 35.5. The fraction of sp³-hybridized carbons (Fsp3) is 0.381. The van der Waals surface area contributed by atoms with Crippen LogP contribution in [0.15, 0.2) is 44.5 Å². The molecule has 0 saturated carbocycles. The van der Waals surface area contributed by atoms with Crippen LogP contribution >= 0.6 is 11.6 Å². The summed E-state index contributed by atoms with van der Waals surface area (Å²) in [5.74, 6) is 1.20. The smallest absolute Gasteiger partial charge is 0.330 e. The Morgan fingerprint density at radius 3 is 2.81 bits per heavy atom. The maximum absolute atomic E-state index is 12.7. The Morgan fingerprint density at radius 2 is 2.13 bits per heavy atom. The quantitative estimate of drug-likeness (QED) is 0.517. The van der Waals surface area contributed by atoms with E-state index in [2.05, 4.69) is 9.97 Å². The Balaban J connectivity index is 1.97. The number of methoxy groups -OCH3 is 1. The minimum Gasteiger partial charge on any atom is -0.439 e. The first-order valence-corrected chi connectivity index (χ1v) is 10.2. The van der Waals surface area contributed by atoms with Gasteiger partial charge in [-0.3, -0.25) is 14.3 Å². The van der Waals surface area contributed by atoms with Crippen molar-refractivity contribution in [2.75, 3.05) is 30.9 Å². The molecule has 10 heteroatoms. The van der Waals surface area contributed by atoms with Gasteiger partial charge in [0.2, 0.25) is 5.89 Å². The molecule has 0 atom stereocenters. The predicted octanol–water partition coefficient (Wildman–Crippen LogP) is 2.74. The van der Waals surface area contributed by atoms with Gasteiger partial charge >= 0.3 is 5.69 Å². The van der Waals surface area contributed by atoms with Crippen molar-refractivity contribution in [1.29, 1.82) is 0 Å². The molecule has 0 spiro atoms. The molecule has 0 radical (unpaired) electrons. The average Bonchev–Trinajstić information content (AvgIpc) is 3.17. The Morgan fingerprint density at radius 1 is 1.35 bits per heavy atom. The van der Waals surface area contributed by atoms with Gasteiger partial charge in [0.1, 0.15) is 11.5 Å². The van der Waals surface area contributed by atoms with Crippen LogP contribution in [0, 0.1) is 5.92 Å². The molecule has 0 bridgehead atoms. The van der Waals surface area contributed by atoms with E-state index in [-0.39, 0.29) is 24.0 Å². The molecule has 0 aliphatic rings. The number of H-pyrrole nitrogens is 1. The van der Waals surface area contributed by atoms with Crippen LogP contribution in [0.3, 0.4) is 0 Å². The standard InChI is InChI=1S/C21H26ClN5O4/c1-13(2)11-27-19(23)18(20(28)25-21(27)29)26(7-8-30-3)12-17-24-10-16(31-17)14-5-4-6-15(22)9-14/h4-6,9-10,13H,7-8,11-12,23H2,1-3H3,(H,25,28,29). The summed E-state index contributed by atoms with van der Waals surface area (Å²) in [6, 6.07) is 7.24. The molecule has 9 nitrogen and oxygen atoms in total. The monoisotopic (exact) mass is 447 g/mol. The van der Waals surface area contributed by atoms with Crippen LogP contribution in [0.1, 0.15) is 19.7 Å². The molecule has 1 aromatic carbocycles. The number of aromatic amines is 1. The van der Waals surface area contributed by atoms with E-state index in [1.54, 1.807) is 30.3 Å². The third-order valence-corrected chi connectivity index (χ3v) is 4.87. The van der Waals surface area contributed by atoms with Crippen LogP contribution in [0.2, 0.25) is 5.02 Å². The lowest BCUT2D eigenvalue weighted by Crippen LogP contribution is -2.40. The number of hydrogen-bond acceptors (Lipinski definition) is 7. The number of hydrogen-bond donors (Lipinski definition) is 2. The van der Waals surface area contributed by atoms with Crippen molar-refractivity contribution in [3.8, 4) is 11.3 Å². The second kappa shape index (κ2) is 9.84. The summed E-state index contributed by atoms with van der Waals surface area (Å²) < 4.78 is 12.4. The van der Waals surface area contributed by atoms with E-state index < -0.39 is 11.2 Å². The van der Waals surface area contributed by atoms with Crippen molar-refractivity contribution in [3.63, 3.8) is 0 Å². The summed E-state index contributed by atoms with van der Waals surface area (Å²) >= 11 is 6.06. The molecular formula is C21H26ClN5O4. The number of halogens is 1. The summed E-state index contributed by atoms with van der Waals surface area (Å²) in [6.07, 6.45) is 1.60. The van der Waals surface area contributed by atoms with E-state index in [4.69, 9.17) is 26.5 Å². The molecule has 0 saturated heterocycles. The van der Waals surface area contributed by atoms with Crippen molar-refractivity contribution < 1.29 is 9.15 Å². The number of benzene rings is 1. The fourth-order valence-electron chi connectivity index (χ4n) is 3.22. The van der Waals surface area contributed by atoms with E-state index in [1.807, 2.05) is 26.0 Å². The number of nitrogen functional groups attached to an aromatic ring is 1. The number of anilines is 2. The zero-order chi connectivity index (χ0) is 22.5. The summed E-state index contributed by atoms with van der Waals surface area (Å²) in [5, 5.41) is 0.587. The Hall–Kier alpha value is -3.04. The lowest BCUT2D eigenvalue weighted by Gasteiger charge is -2.25. The third-order valence-electron chi connectivity index (χ3n) is 4.63. The van der Waals surface area contributed by atoms with Crippen LogP contribution in [-0.2, 0) is 17.8 Å². The third kappa shape index (κ3) is 5.36. The molecule has 3 rings (SSSR count). The van der Waals surface area contributed by atoms with E-state index in [1.165, 1.54) is 4.57 Å². The molecule has 2 heterocycles. The maximum Gasteiger partial charge on any atom is 0.330 e. The second-order valence-electron chi connectivity index (χ2n) is 7.54. The molecule has 2 aromatic heterocycles. The number of rotatable bonds is 9. The molecule has 31 heavy (non-hydrogen) atoms. The van der Waals surface area contributed by atoms with Crippen LogP contribution < -0.4 is 21.9 Å². The molecule has 166 valence electrons. The van der Waals surface area contributed by atoms with E-state index in [0.29, 0.717) is 36.4 Å². The van der Waals surface area contributed by atoms with Gasteiger partial charge in [-0.05, 0) is 18.1 Å². The average molecular weight is 448 g/mol. The van der Waals surface area contributed by atoms with Gasteiger partial charge in [0, 0.05) is 30.8 Å². The number of aromatic nitrogens is 3. The first kappa shape index (κ1) is 22.6. The number of oxazole rings is 1. The van der Waals surface area contributed by atoms with Crippen LogP contribution in [0.25, 0.3) is 11.3 Å². The van der Waals surface area contributed by atoms with Crippen LogP contribution in [-0.4, -0.2) is 34.8 Å². The minimum atomic E-state index is -0.569. The van der Waals surface area contributed by atoms with Gasteiger partial charge in [-0.1, -0.05) is 37.6 Å². The molecule has 0 aliphatic carbocycles. The summed E-state index contributed by atoms with van der Waals surface area (Å²) in [6.45, 7) is 5.15. The molecule has 0 aliphatic heterocycles. The van der Waals surface area contributed by atoms with Crippen molar-refractivity contribution in [2.24, 2.45) is 5.92 Å². The number of nitrogens with one attached hydrogen (secondary N) is 1. The van der Waals surface area contributed by atoms with Crippen molar-refractivity contribution in [1.82, 2.24) is 14.5 Å². The van der Waals surface area contributed by atoms with Gasteiger partial charge in [-0.15, -0.1) is 0 Å². The van der Waals surface area contributed by atoms with Gasteiger partial charge in [0.05, 0.1) is 19.3 Å². The highest BCUT2D eigenvalue weighted by molar-refractivity contribution is 6.30. The highest BCUT2D eigenvalue weighted by Gasteiger charge is 2.21. The number of nitrogens with two attached hydrogens (primary N) is 1. The van der Waals surface area contributed by atoms with Gasteiger partial charge in [-0.25, -0.2) is 9.78 Å². The largest absolute Gasteiger partial charge is 0.439 e. The lowest BCUT2D eigenvalue weighted by atomic mass is 10.2. The Bertz CT molecular complexity index is 1150. The number of ether oxygens (including phenoxy) is 1. The Labute approximate surface area is 184 Å². The SMILES string of the molecule is COCCN(Cc1ncc(-c2cccc(Cl)c2)o1)c1c(N)n(CC(C)C)c(=O)[nH]c1=O. The molecule has 0 fully saturated rings. The highest BCUT2D eigenvalue weighted by Crippen LogP contribution is 2.25. The molecule has 0 unspecified atom stereocenters. The summed E-state index contributed by atoms with van der Waals surface area (Å²) in [4.78, 5) is 33.3. The Kier molecular flexibility index (Phi) is 7.19. The first-order chi connectivity index (χ1) is 14.8. The normalized spacial score (nSPS) is 11.3. The fourth-order valence-corrected chi connectivity index (χ4v) is 3.41.